The summed E-state index contributed by atoms with van der Waals surface area (Å²) in [6.45, 7) is 6.20. The molecule has 0 saturated heterocycles. The predicted molar refractivity (Wildman–Crippen MR) is 78.6 cm³/mol. The van der Waals surface area contributed by atoms with Gasteiger partial charge in [0.05, 0.1) is 4.90 Å². The van der Waals surface area contributed by atoms with Crippen LogP contribution in [0.25, 0.3) is 0 Å². The third-order valence-corrected chi connectivity index (χ3v) is 5.00. The predicted octanol–water partition coefficient (Wildman–Crippen LogP) is 2.13. The Hall–Kier alpha value is -0.980. The summed E-state index contributed by atoms with van der Waals surface area (Å²) in [5.74, 6) is -0.283. The first kappa shape index (κ1) is 17.1. The molecule has 1 rings (SSSR count). The Kier molecular flexibility index (Phi) is 5.68. The van der Waals surface area contributed by atoms with E-state index in [9.17, 15) is 12.8 Å². The number of nitrogens with zero attached hydrogens (tertiary/aromatic N) is 1. The Morgan fingerprint density at radius 2 is 1.95 bits per heavy atom. The van der Waals surface area contributed by atoms with Crippen LogP contribution in [0, 0.1) is 18.7 Å². The van der Waals surface area contributed by atoms with Crippen molar-refractivity contribution in [2.75, 3.05) is 20.6 Å². The van der Waals surface area contributed by atoms with E-state index >= 15 is 0 Å². The molecule has 4 nitrogen and oxygen atoms in total. The maximum Gasteiger partial charge on any atom is 0.243 e. The molecule has 20 heavy (non-hydrogen) atoms. The van der Waals surface area contributed by atoms with E-state index in [0.717, 1.165) is 0 Å². The molecule has 0 aromatic heterocycles. The molecule has 1 aromatic rings. The number of sulfonamides is 1. The Bertz CT molecular complexity index is 571. The molecule has 0 radical (unpaired) electrons. The van der Waals surface area contributed by atoms with Crippen LogP contribution in [0.4, 0.5) is 4.39 Å². The van der Waals surface area contributed by atoms with E-state index < -0.39 is 15.8 Å². The molecule has 114 valence electrons. The highest BCUT2D eigenvalue weighted by Crippen LogP contribution is 2.23. The summed E-state index contributed by atoms with van der Waals surface area (Å²) >= 11 is 0. The first-order chi connectivity index (χ1) is 9.20. The van der Waals surface area contributed by atoms with Crippen LogP contribution in [0.1, 0.15) is 25.0 Å². The van der Waals surface area contributed by atoms with E-state index in [4.69, 9.17) is 0 Å². The fourth-order valence-corrected chi connectivity index (χ4v) is 3.68. The van der Waals surface area contributed by atoms with Crippen molar-refractivity contribution in [2.24, 2.45) is 5.92 Å². The van der Waals surface area contributed by atoms with Gasteiger partial charge in [0.2, 0.25) is 10.0 Å². The van der Waals surface area contributed by atoms with Crippen LogP contribution in [0.2, 0.25) is 0 Å². The molecule has 1 N–H and O–H groups in total. The first-order valence-corrected chi connectivity index (χ1v) is 8.04. The number of nitrogens with one attached hydrogen (secondary N) is 1. The second-order valence-electron chi connectivity index (χ2n) is 5.41. The molecule has 0 unspecified atom stereocenters. The van der Waals surface area contributed by atoms with Gasteiger partial charge < -0.3 is 5.32 Å². The van der Waals surface area contributed by atoms with Gasteiger partial charge in [-0.1, -0.05) is 13.8 Å². The molecule has 0 amide bonds. The van der Waals surface area contributed by atoms with E-state index in [1.807, 2.05) is 13.8 Å². The molecule has 0 atom stereocenters. The number of halogens is 1. The number of benzene rings is 1. The van der Waals surface area contributed by atoms with Crippen LogP contribution in [-0.2, 0) is 16.6 Å². The van der Waals surface area contributed by atoms with Gasteiger partial charge in [-0.15, -0.1) is 0 Å². The van der Waals surface area contributed by atoms with Crippen LogP contribution in [-0.4, -0.2) is 33.4 Å². The lowest BCUT2D eigenvalue weighted by molar-refractivity contribution is 0.416. The smallest absolute Gasteiger partial charge is 0.243 e. The zero-order valence-corrected chi connectivity index (χ0v) is 13.5. The Labute approximate surface area is 121 Å². The first-order valence-electron chi connectivity index (χ1n) is 6.60. The third-order valence-electron chi connectivity index (χ3n) is 3.05. The summed E-state index contributed by atoms with van der Waals surface area (Å²) in [5.41, 5.74) is 0.785. The van der Waals surface area contributed by atoms with Crippen molar-refractivity contribution >= 4 is 10.0 Å². The molecule has 0 saturated carbocycles. The van der Waals surface area contributed by atoms with Gasteiger partial charge in [-0.25, -0.2) is 17.1 Å². The minimum atomic E-state index is -3.66. The van der Waals surface area contributed by atoms with Crippen LogP contribution in [0.3, 0.4) is 0 Å². The summed E-state index contributed by atoms with van der Waals surface area (Å²) < 4.78 is 40.3. The quantitative estimate of drug-likeness (QED) is 0.876. The summed E-state index contributed by atoms with van der Waals surface area (Å²) in [4.78, 5) is 0.0471. The highest BCUT2D eigenvalue weighted by atomic mass is 32.2. The van der Waals surface area contributed by atoms with E-state index in [2.05, 4.69) is 5.32 Å². The molecule has 0 heterocycles. The van der Waals surface area contributed by atoms with Gasteiger partial charge in [0.25, 0.3) is 0 Å². The highest BCUT2D eigenvalue weighted by molar-refractivity contribution is 7.89. The molecule has 0 fully saturated rings. The molecule has 1 aromatic carbocycles. The molecule has 0 aliphatic carbocycles. The Morgan fingerprint density at radius 1 is 1.35 bits per heavy atom. The summed E-state index contributed by atoms with van der Waals surface area (Å²) in [6, 6.07) is 2.91. The summed E-state index contributed by atoms with van der Waals surface area (Å²) in [5, 5.41) is 2.90. The van der Waals surface area contributed by atoms with Gasteiger partial charge in [0, 0.05) is 25.7 Å². The van der Waals surface area contributed by atoms with Gasteiger partial charge in [0.1, 0.15) is 5.82 Å². The maximum absolute atomic E-state index is 13.9. The highest BCUT2D eigenvalue weighted by Gasteiger charge is 2.25. The number of rotatable bonds is 6. The van der Waals surface area contributed by atoms with Crippen molar-refractivity contribution < 1.29 is 12.8 Å². The van der Waals surface area contributed by atoms with Gasteiger partial charge in [-0.05, 0) is 37.6 Å². The zero-order chi connectivity index (χ0) is 15.5. The van der Waals surface area contributed by atoms with Crippen molar-refractivity contribution in [3.8, 4) is 0 Å². The van der Waals surface area contributed by atoms with Gasteiger partial charge in [-0.3, -0.25) is 0 Å². The molecular formula is C14H23FN2O2S. The minimum Gasteiger partial charge on any atom is -0.316 e. The van der Waals surface area contributed by atoms with E-state index in [0.29, 0.717) is 18.7 Å². The topological polar surface area (TPSA) is 49.4 Å². The van der Waals surface area contributed by atoms with Crippen molar-refractivity contribution in [1.29, 1.82) is 0 Å². The normalized spacial score (nSPS) is 12.4. The van der Waals surface area contributed by atoms with Crippen molar-refractivity contribution in [1.82, 2.24) is 9.62 Å². The minimum absolute atomic E-state index is 0.0471. The van der Waals surface area contributed by atoms with Gasteiger partial charge in [-0.2, -0.15) is 0 Å². The molecule has 6 heteroatoms. The number of hydrogen-bond donors (Lipinski definition) is 1. The largest absolute Gasteiger partial charge is 0.316 e. The fraction of sp³-hybridized carbons (Fsp3) is 0.571. The van der Waals surface area contributed by atoms with E-state index in [-0.39, 0.29) is 16.4 Å². The number of hydrogen-bond acceptors (Lipinski definition) is 3. The lowest BCUT2D eigenvalue weighted by Crippen LogP contribution is -2.31. The molecule has 0 spiro atoms. The maximum atomic E-state index is 13.9. The van der Waals surface area contributed by atoms with E-state index in [1.54, 1.807) is 13.1 Å². The van der Waals surface area contributed by atoms with Crippen LogP contribution < -0.4 is 5.32 Å². The molecular weight excluding hydrogens is 279 g/mol. The zero-order valence-electron chi connectivity index (χ0n) is 12.7. The SMILES string of the molecule is CNCc1cc(F)c(C)c(S(=O)(=O)N(C)CC(C)C)c1. The molecule has 0 aliphatic rings. The second-order valence-corrected chi connectivity index (χ2v) is 7.42. The fourth-order valence-electron chi connectivity index (χ4n) is 2.06. The third kappa shape index (κ3) is 3.77. The average Bonchev–Trinajstić information content (AvgIpc) is 2.32. The van der Waals surface area contributed by atoms with Crippen molar-refractivity contribution in [2.45, 2.75) is 32.2 Å². The lowest BCUT2D eigenvalue weighted by atomic mass is 10.1. The lowest BCUT2D eigenvalue weighted by Gasteiger charge is -2.21. The van der Waals surface area contributed by atoms with Crippen LogP contribution in [0.15, 0.2) is 17.0 Å². The standard InChI is InChI=1S/C14H23FN2O2S/c1-10(2)9-17(5)20(18,19)14-7-12(8-16-4)6-13(15)11(14)3/h6-7,10,16H,8-9H2,1-5H3. The Balaban J connectivity index is 3.29. The van der Waals surface area contributed by atoms with Crippen LogP contribution >= 0.6 is 0 Å². The Morgan fingerprint density at radius 3 is 2.45 bits per heavy atom. The van der Waals surface area contributed by atoms with Gasteiger partial charge in [0.15, 0.2) is 0 Å². The molecule has 0 aliphatic heterocycles. The van der Waals surface area contributed by atoms with Gasteiger partial charge >= 0.3 is 0 Å². The summed E-state index contributed by atoms with van der Waals surface area (Å²) in [7, 11) is -0.404. The summed E-state index contributed by atoms with van der Waals surface area (Å²) in [6.07, 6.45) is 0. The second kappa shape index (κ2) is 6.65. The monoisotopic (exact) mass is 302 g/mol. The van der Waals surface area contributed by atoms with Crippen molar-refractivity contribution in [3.63, 3.8) is 0 Å². The molecule has 0 bridgehead atoms. The average molecular weight is 302 g/mol. The van der Waals surface area contributed by atoms with Crippen LogP contribution in [0.5, 0.6) is 0 Å². The van der Waals surface area contributed by atoms with E-state index in [1.165, 1.54) is 24.3 Å². The van der Waals surface area contributed by atoms with Crippen molar-refractivity contribution in [3.05, 3.63) is 29.1 Å².